The monoisotopic (exact) mass is 380 g/mol. The average molecular weight is 380 g/mol. The molecule has 0 heterocycles. The van der Waals surface area contributed by atoms with Crippen LogP contribution in [0.3, 0.4) is 0 Å². The maximum atomic E-state index is 12.4. The topological polar surface area (TPSA) is 84.5 Å². The van der Waals surface area contributed by atoms with E-state index < -0.39 is 0 Å². The summed E-state index contributed by atoms with van der Waals surface area (Å²) in [5.41, 5.74) is 4.25. The second-order valence-corrected chi connectivity index (χ2v) is 6.90. The van der Waals surface area contributed by atoms with Crippen molar-refractivity contribution in [3.05, 3.63) is 53.1 Å². The molecule has 6 heteroatoms. The summed E-state index contributed by atoms with van der Waals surface area (Å²) in [5, 5.41) is 5.42. The summed E-state index contributed by atoms with van der Waals surface area (Å²) < 4.78 is 5.19. The molecule has 6 nitrogen and oxygen atoms in total. The van der Waals surface area contributed by atoms with E-state index in [0.717, 1.165) is 19.3 Å². The third kappa shape index (κ3) is 4.76. The van der Waals surface area contributed by atoms with Gasteiger partial charge in [-0.3, -0.25) is 14.4 Å². The van der Waals surface area contributed by atoms with Gasteiger partial charge in [0.2, 0.25) is 11.8 Å². The molecule has 146 valence electrons. The van der Waals surface area contributed by atoms with Crippen molar-refractivity contribution in [1.82, 2.24) is 0 Å². The van der Waals surface area contributed by atoms with E-state index in [-0.39, 0.29) is 30.4 Å². The molecule has 0 saturated heterocycles. The van der Waals surface area contributed by atoms with Crippen LogP contribution >= 0.6 is 0 Å². The SMILES string of the molecule is COc1ccc(NC(=O)CCC(=O)c2ccc3c(c2)CCC3)cc1NC(C)=O. The summed E-state index contributed by atoms with van der Waals surface area (Å²) in [6.45, 7) is 1.40. The first-order chi connectivity index (χ1) is 13.5. The smallest absolute Gasteiger partial charge is 0.224 e. The number of amides is 2. The zero-order chi connectivity index (χ0) is 20.1. The highest BCUT2D eigenvalue weighted by atomic mass is 16.5. The number of carbonyl (C=O) groups is 3. The van der Waals surface area contributed by atoms with Gasteiger partial charge < -0.3 is 15.4 Å². The van der Waals surface area contributed by atoms with Crippen LogP contribution in [0.5, 0.6) is 5.75 Å². The molecule has 0 saturated carbocycles. The zero-order valence-electron chi connectivity index (χ0n) is 16.1. The van der Waals surface area contributed by atoms with Crippen molar-refractivity contribution in [3.63, 3.8) is 0 Å². The minimum atomic E-state index is -0.256. The lowest BCUT2D eigenvalue weighted by Crippen LogP contribution is -2.14. The van der Waals surface area contributed by atoms with Crippen LogP contribution in [0.2, 0.25) is 0 Å². The predicted octanol–water partition coefficient (Wildman–Crippen LogP) is 3.74. The molecule has 2 aromatic carbocycles. The number of ketones is 1. The molecule has 1 aliphatic rings. The normalized spacial score (nSPS) is 12.2. The lowest BCUT2D eigenvalue weighted by atomic mass is 10.0. The van der Waals surface area contributed by atoms with E-state index in [0.29, 0.717) is 22.7 Å². The molecule has 1 aliphatic carbocycles. The van der Waals surface area contributed by atoms with Crippen molar-refractivity contribution in [2.45, 2.75) is 39.0 Å². The molecule has 0 radical (unpaired) electrons. The molecule has 2 amide bonds. The Kier molecular flexibility index (Phi) is 6.09. The van der Waals surface area contributed by atoms with E-state index in [4.69, 9.17) is 4.74 Å². The average Bonchev–Trinajstić information content (AvgIpc) is 3.13. The molecular weight excluding hydrogens is 356 g/mol. The number of nitrogens with one attached hydrogen (secondary N) is 2. The number of benzene rings is 2. The summed E-state index contributed by atoms with van der Waals surface area (Å²) >= 11 is 0. The largest absolute Gasteiger partial charge is 0.495 e. The Labute approximate surface area is 164 Å². The number of Topliss-reactive ketones (excluding diaryl/α,β-unsaturated/α-hetero) is 1. The third-order valence-electron chi connectivity index (χ3n) is 4.79. The predicted molar refractivity (Wildman–Crippen MR) is 108 cm³/mol. The van der Waals surface area contributed by atoms with Gasteiger partial charge >= 0.3 is 0 Å². The van der Waals surface area contributed by atoms with E-state index in [1.807, 2.05) is 18.2 Å². The van der Waals surface area contributed by atoms with Crippen LogP contribution in [0.1, 0.15) is 47.7 Å². The summed E-state index contributed by atoms with van der Waals surface area (Å²) in [6.07, 6.45) is 3.48. The Bertz CT molecular complexity index is 921. The van der Waals surface area contributed by atoms with Gasteiger partial charge in [-0.05, 0) is 54.7 Å². The number of methoxy groups -OCH3 is 1. The Hall–Kier alpha value is -3.15. The Morgan fingerprint density at radius 1 is 0.964 bits per heavy atom. The van der Waals surface area contributed by atoms with Gasteiger partial charge in [0.25, 0.3) is 0 Å². The summed E-state index contributed by atoms with van der Waals surface area (Å²) in [5.74, 6) is -0.0197. The summed E-state index contributed by atoms with van der Waals surface area (Å²) in [4.78, 5) is 36.0. The molecule has 2 N–H and O–H groups in total. The number of anilines is 2. The van der Waals surface area contributed by atoms with Gasteiger partial charge in [-0.15, -0.1) is 0 Å². The fraction of sp³-hybridized carbons (Fsp3) is 0.318. The van der Waals surface area contributed by atoms with Crippen LogP contribution in [0.4, 0.5) is 11.4 Å². The summed E-state index contributed by atoms with van der Waals surface area (Å²) in [6, 6.07) is 10.8. The minimum Gasteiger partial charge on any atom is -0.495 e. The Morgan fingerprint density at radius 3 is 2.50 bits per heavy atom. The van der Waals surface area contributed by atoms with Gasteiger partial charge in [-0.2, -0.15) is 0 Å². The van der Waals surface area contributed by atoms with Gasteiger partial charge in [0.15, 0.2) is 5.78 Å². The number of fused-ring (bicyclic) bond motifs is 1. The maximum Gasteiger partial charge on any atom is 0.224 e. The first-order valence-corrected chi connectivity index (χ1v) is 9.37. The van der Waals surface area contributed by atoms with Gasteiger partial charge in [0.1, 0.15) is 5.75 Å². The van der Waals surface area contributed by atoms with E-state index in [9.17, 15) is 14.4 Å². The van der Waals surface area contributed by atoms with E-state index in [1.165, 1.54) is 25.2 Å². The maximum absolute atomic E-state index is 12.4. The number of rotatable bonds is 7. The minimum absolute atomic E-state index is 0.0292. The van der Waals surface area contributed by atoms with Crippen molar-refractivity contribution in [2.75, 3.05) is 17.7 Å². The molecule has 0 bridgehead atoms. The van der Waals surface area contributed by atoms with Crippen molar-refractivity contribution in [3.8, 4) is 5.75 Å². The van der Waals surface area contributed by atoms with E-state index in [1.54, 1.807) is 18.2 Å². The van der Waals surface area contributed by atoms with Gasteiger partial charge in [0.05, 0.1) is 12.8 Å². The fourth-order valence-electron chi connectivity index (χ4n) is 3.41. The van der Waals surface area contributed by atoms with Crippen molar-refractivity contribution in [1.29, 1.82) is 0 Å². The Morgan fingerprint density at radius 2 is 1.75 bits per heavy atom. The van der Waals surface area contributed by atoms with Crippen LogP contribution < -0.4 is 15.4 Å². The lowest BCUT2D eigenvalue weighted by Gasteiger charge is -2.12. The molecule has 0 atom stereocenters. The highest BCUT2D eigenvalue weighted by Crippen LogP contribution is 2.28. The van der Waals surface area contributed by atoms with Crippen LogP contribution in [0.15, 0.2) is 36.4 Å². The standard InChI is InChI=1S/C22H24N2O4/c1-14(25)23-19-13-18(8-10-21(19)28-2)24-22(27)11-9-20(26)17-7-6-15-4-3-5-16(15)12-17/h6-8,10,12-13H,3-5,9,11H2,1-2H3,(H,23,25)(H,24,27). The molecule has 3 rings (SSSR count). The van der Waals surface area contributed by atoms with Gasteiger partial charge in [-0.25, -0.2) is 0 Å². The second kappa shape index (κ2) is 8.69. The highest BCUT2D eigenvalue weighted by molar-refractivity contribution is 6.00. The highest BCUT2D eigenvalue weighted by Gasteiger charge is 2.15. The van der Waals surface area contributed by atoms with Crippen LogP contribution in [-0.4, -0.2) is 24.7 Å². The summed E-state index contributed by atoms with van der Waals surface area (Å²) in [7, 11) is 1.50. The first kappa shape index (κ1) is 19.6. The van der Waals surface area contributed by atoms with Crippen molar-refractivity contribution < 1.29 is 19.1 Å². The molecule has 28 heavy (non-hydrogen) atoms. The van der Waals surface area contributed by atoms with Crippen LogP contribution in [0, 0.1) is 0 Å². The van der Waals surface area contributed by atoms with E-state index >= 15 is 0 Å². The van der Waals surface area contributed by atoms with Crippen LogP contribution in [-0.2, 0) is 22.4 Å². The molecule has 0 unspecified atom stereocenters. The third-order valence-corrected chi connectivity index (χ3v) is 4.79. The number of carbonyl (C=O) groups excluding carboxylic acids is 3. The van der Waals surface area contributed by atoms with Gasteiger partial charge in [-0.1, -0.05) is 12.1 Å². The lowest BCUT2D eigenvalue weighted by molar-refractivity contribution is -0.116. The molecule has 0 aromatic heterocycles. The van der Waals surface area contributed by atoms with E-state index in [2.05, 4.69) is 10.6 Å². The number of ether oxygens (including phenoxy) is 1. The first-order valence-electron chi connectivity index (χ1n) is 9.37. The fourth-order valence-corrected chi connectivity index (χ4v) is 3.41. The number of hydrogen-bond donors (Lipinski definition) is 2. The molecule has 0 spiro atoms. The number of hydrogen-bond acceptors (Lipinski definition) is 4. The molecular formula is C22H24N2O4. The number of aryl methyl sites for hydroxylation is 2. The van der Waals surface area contributed by atoms with Crippen LogP contribution in [0.25, 0.3) is 0 Å². The second-order valence-electron chi connectivity index (χ2n) is 6.90. The zero-order valence-corrected chi connectivity index (χ0v) is 16.1. The molecule has 0 fully saturated rings. The Balaban J connectivity index is 1.58. The van der Waals surface area contributed by atoms with Gasteiger partial charge in [0, 0.05) is 31.0 Å². The molecule has 2 aromatic rings. The van der Waals surface area contributed by atoms with Crippen molar-refractivity contribution >= 4 is 29.0 Å². The quantitative estimate of drug-likeness (QED) is 0.717. The molecule has 0 aliphatic heterocycles. The van der Waals surface area contributed by atoms with Crippen molar-refractivity contribution in [2.24, 2.45) is 0 Å².